The van der Waals surface area contributed by atoms with E-state index in [1.165, 1.54) is 0 Å². The number of hydrogen-bond donors (Lipinski definition) is 0. The average molecular weight is 505 g/mol. The number of halogens is 1. The summed E-state index contributed by atoms with van der Waals surface area (Å²) in [7, 11) is 1.84. The van der Waals surface area contributed by atoms with Crippen LogP contribution in [0.25, 0.3) is 10.9 Å². The van der Waals surface area contributed by atoms with Gasteiger partial charge >= 0.3 is 5.97 Å². The van der Waals surface area contributed by atoms with Gasteiger partial charge in [-0.2, -0.15) is 0 Å². The number of ketones is 1. The number of aryl methyl sites for hydroxylation is 1. The second-order valence-electron chi connectivity index (χ2n) is 7.89. The lowest BCUT2D eigenvalue weighted by Crippen LogP contribution is -2.28. The van der Waals surface area contributed by atoms with Gasteiger partial charge in [0, 0.05) is 23.0 Å². The van der Waals surface area contributed by atoms with Gasteiger partial charge in [0.05, 0.1) is 17.9 Å². The molecule has 0 spiro atoms. The summed E-state index contributed by atoms with van der Waals surface area (Å²) in [6, 6.07) is 23.7. The fraction of sp³-hybridized carbons (Fsp3) is 0.179. The van der Waals surface area contributed by atoms with Crippen molar-refractivity contribution in [2.24, 2.45) is 12.2 Å². The van der Waals surface area contributed by atoms with E-state index in [0.29, 0.717) is 27.4 Å². The minimum absolute atomic E-state index is 0.0782. The predicted molar refractivity (Wildman–Crippen MR) is 138 cm³/mol. The lowest BCUT2D eigenvalue weighted by molar-refractivity contribution is -0.135. The molecule has 0 saturated heterocycles. The summed E-state index contributed by atoms with van der Waals surface area (Å²) in [5.74, 6) is -0.866. The summed E-state index contributed by atoms with van der Waals surface area (Å²) < 4.78 is 13.0. The van der Waals surface area contributed by atoms with Gasteiger partial charge in [0.1, 0.15) is 19.0 Å². The topological polar surface area (TPSA) is 79.1 Å². The quantitative estimate of drug-likeness (QED) is 0.0905. The van der Waals surface area contributed by atoms with Gasteiger partial charge in [-0.05, 0) is 42.8 Å². The molecule has 1 heterocycles. The largest absolute Gasteiger partial charge is 0.487 e. The van der Waals surface area contributed by atoms with Gasteiger partial charge in [0.2, 0.25) is 11.5 Å². The van der Waals surface area contributed by atoms with Crippen molar-refractivity contribution in [1.82, 2.24) is 4.57 Å². The fourth-order valence-corrected chi connectivity index (χ4v) is 3.91. The van der Waals surface area contributed by atoms with Crippen LogP contribution in [0.15, 0.2) is 84.0 Å². The number of carbonyl (C=O) groups excluding carboxylic acids is 2. The van der Waals surface area contributed by atoms with Crippen LogP contribution in [0.5, 0.6) is 5.75 Å². The third-order valence-electron chi connectivity index (χ3n) is 5.56. The van der Waals surface area contributed by atoms with Gasteiger partial charge in [0.15, 0.2) is 0 Å². The molecule has 36 heavy (non-hydrogen) atoms. The van der Waals surface area contributed by atoms with E-state index >= 15 is 0 Å². The first kappa shape index (κ1) is 25.0. The molecule has 4 rings (SSSR count). The highest BCUT2D eigenvalue weighted by Crippen LogP contribution is 2.28. The minimum atomic E-state index is -0.854. The zero-order valence-corrected chi connectivity index (χ0v) is 20.7. The monoisotopic (exact) mass is 504 g/mol. The number of rotatable bonds is 10. The summed E-state index contributed by atoms with van der Waals surface area (Å²) in [5, 5.41) is 5.18. The molecule has 0 fully saturated rings. The molecule has 4 aromatic rings. The van der Waals surface area contributed by atoms with E-state index in [4.69, 9.17) is 25.9 Å². The summed E-state index contributed by atoms with van der Waals surface area (Å²) in [4.78, 5) is 32.0. The van der Waals surface area contributed by atoms with E-state index in [0.717, 1.165) is 11.1 Å². The Hall–Kier alpha value is -4.10. The molecule has 0 bridgehead atoms. The maximum absolute atomic E-state index is 13.8. The first-order chi connectivity index (χ1) is 17.5. The molecule has 0 saturated carbocycles. The van der Waals surface area contributed by atoms with Gasteiger partial charge in [-0.15, -0.1) is 0 Å². The summed E-state index contributed by atoms with van der Waals surface area (Å²) in [5.41, 5.74) is 2.10. The minimum Gasteiger partial charge on any atom is -0.487 e. The van der Waals surface area contributed by atoms with Crippen LogP contribution in [-0.2, 0) is 34.6 Å². The van der Waals surface area contributed by atoms with Crippen molar-refractivity contribution in [3.05, 3.63) is 101 Å². The molecule has 3 aromatic carbocycles. The molecule has 8 heteroatoms. The number of ether oxygens (including phenoxy) is 2. The van der Waals surface area contributed by atoms with E-state index in [1.54, 1.807) is 31.2 Å². The van der Waals surface area contributed by atoms with E-state index in [1.807, 2.05) is 66.2 Å². The lowest BCUT2D eigenvalue weighted by atomic mass is 10.0. The van der Waals surface area contributed by atoms with Gasteiger partial charge in [-0.1, -0.05) is 65.3 Å². The normalized spacial score (nSPS) is 11.4. The van der Waals surface area contributed by atoms with Crippen LogP contribution in [-0.4, -0.2) is 28.6 Å². The molecule has 184 valence electrons. The molecule has 0 unspecified atom stereocenters. The van der Waals surface area contributed by atoms with Gasteiger partial charge in [0.25, 0.3) is 0 Å². The highest BCUT2D eigenvalue weighted by atomic mass is 35.5. The van der Waals surface area contributed by atoms with E-state index in [-0.39, 0.29) is 19.8 Å². The number of para-hydroxylation sites is 1. The molecule has 0 aliphatic heterocycles. The van der Waals surface area contributed by atoms with Gasteiger partial charge in [-0.3, -0.25) is 4.79 Å². The molecule has 0 atom stereocenters. The lowest BCUT2D eigenvalue weighted by Gasteiger charge is -2.11. The third-order valence-corrected chi connectivity index (χ3v) is 5.81. The Labute approximate surface area is 213 Å². The van der Waals surface area contributed by atoms with Crippen LogP contribution < -0.4 is 4.74 Å². The Bertz CT molecular complexity index is 1390. The number of hydrogen-bond acceptors (Lipinski definition) is 6. The molecular weight excluding hydrogens is 480 g/mol. The van der Waals surface area contributed by atoms with E-state index < -0.39 is 17.5 Å². The van der Waals surface area contributed by atoms with Crippen LogP contribution >= 0.6 is 11.6 Å². The van der Waals surface area contributed by atoms with Gasteiger partial charge in [-0.25, -0.2) is 4.79 Å². The number of Topliss-reactive ketones (excluding diaryl/α,β-unsaturated/α-hetero) is 1. The van der Waals surface area contributed by atoms with Crippen molar-refractivity contribution < 1.29 is 23.9 Å². The highest BCUT2D eigenvalue weighted by molar-refractivity contribution is 6.68. The number of benzene rings is 3. The summed E-state index contributed by atoms with van der Waals surface area (Å²) in [6.45, 7) is 1.92. The molecule has 0 radical (unpaired) electrons. The van der Waals surface area contributed by atoms with Crippen LogP contribution in [0, 0.1) is 0 Å². The second-order valence-corrected chi connectivity index (χ2v) is 8.33. The average Bonchev–Trinajstić information content (AvgIpc) is 3.18. The van der Waals surface area contributed by atoms with Crippen LogP contribution in [0.2, 0.25) is 5.02 Å². The number of fused-ring (bicyclic) bond motifs is 1. The molecule has 0 amide bonds. The summed E-state index contributed by atoms with van der Waals surface area (Å²) in [6.07, 6.45) is 0. The zero-order chi connectivity index (χ0) is 25.5. The van der Waals surface area contributed by atoms with E-state index in [9.17, 15) is 9.59 Å². The predicted octanol–water partition coefficient (Wildman–Crippen LogP) is 5.73. The number of aromatic nitrogens is 1. The Kier molecular flexibility index (Phi) is 8.02. The summed E-state index contributed by atoms with van der Waals surface area (Å²) >= 11 is 5.97. The zero-order valence-electron chi connectivity index (χ0n) is 19.9. The molecule has 1 aromatic heterocycles. The highest BCUT2D eigenvalue weighted by Gasteiger charge is 2.30. The van der Waals surface area contributed by atoms with Crippen molar-refractivity contribution in [2.75, 3.05) is 6.61 Å². The number of carbonyl (C=O) groups is 2. The Balaban J connectivity index is 1.70. The standard InChI is InChI=1S/C28H25ClN2O5/c1-3-34-28(33)26(30-36-17-19-9-5-4-6-10-19)27(32)25-22-11-7-8-12-23(22)31(2)24(25)18-35-21-15-13-20(29)14-16-21/h4-16H,3,17-18H2,1-2H3. The number of nitrogens with zero attached hydrogens (tertiary/aromatic N) is 2. The van der Waals surface area contributed by atoms with E-state index in [2.05, 4.69) is 5.16 Å². The van der Waals surface area contributed by atoms with Crippen molar-refractivity contribution in [1.29, 1.82) is 0 Å². The molecular formula is C28H25ClN2O5. The maximum Gasteiger partial charge on any atom is 0.364 e. The fourth-order valence-electron chi connectivity index (χ4n) is 3.79. The SMILES string of the molecule is CCOC(=O)C(=NOCc1ccccc1)C(=O)c1c(COc2ccc(Cl)cc2)n(C)c2ccccc12. The van der Waals surface area contributed by atoms with Crippen molar-refractivity contribution in [3.63, 3.8) is 0 Å². The van der Waals surface area contributed by atoms with Crippen molar-refractivity contribution in [3.8, 4) is 5.75 Å². The first-order valence-corrected chi connectivity index (χ1v) is 11.8. The second kappa shape index (κ2) is 11.6. The Morgan fingerprint density at radius 3 is 2.33 bits per heavy atom. The number of esters is 1. The van der Waals surface area contributed by atoms with Crippen molar-refractivity contribution >= 4 is 40.0 Å². The van der Waals surface area contributed by atoms with Crippen LogP contribution in [0.1, 0.15) is 28.5 Å². The van der Waals surface area contributed by atoms with Gasteiger partial charge < -0.3 is 18.9 Å². The van der Waals surface area contributed by atoms with Crippen molar-refractivity contribution in [2.45, 2.75) is 20.1 Å². The first-order valence-electron chi connectivity index (χ1n) is 11.4. The third kappa shape index (κ3) is 5.58. The Morgan fingerprint density at radius 1 is 0.917 bits per heavy atom. The smallest absolute Gasteiger partial charge is 0.364 e. The van der Waals surface area contributed by atoms with Crippen LogP contribution in [0.3, 0.4) is 0 Å². The molecule has 0 aliphatic rings. The Morgan fingerprint density at radius 2 is 1.61 bits per heavy atom. The number of oxime groups is 1. The maximum atomic E-state index is 13.8. The molecule has 0 aliphatic carbocycles. The molecule has 7 nitrogen and oxygen atoms in total. The molecule has 0 N–H and O–H groups in total. The van der Waals surface area contributed by atoms with Crippen LogP contribution in [0.4, 0.5) is 0 Å².